The maximum Gasteiger partial charge on any atom is 0.345 e. The summed E-state index contributed by atoms with van der Waals surface area (Å²) in [7, 11) is 6.10. The smallest absolute Gasteiger partial charge is 0.345 e. The lowest BCUT2D eigenvalue weighted by molar-refractivity contribution is -0.138. The molecule has 3 aliphatic heterocycles. The Bertz CT molecular complexity index is 1510. The average molecular weight is 634 g/mol. The highest BCUT2D eigenvalue weighted by Gasteiger charge is 2.61. The summed E-state index contributed by atoms with van der Waals surface area (Å²) in [6, 6.07) is 5.05. The zero-order chi connectivity index (χ0) is 31.1. The van der Waals surface area contributed by atoms with E-state index in [0.717, 1.165) is 63.7 Å². The third-order valence-corrected chi connectivity index (χ3v) is 11.4. The van der Waals surface area contributed by atoms with Crippen molar-refractivity contribution in [2.24, 2.45) is 0 Å². The molecule has 0 atom stereocenters. The standard InChI is InChI=1S/C28H27NO10S3/c1-9-16(30)29-15-11-10-13(35-4)12-14(15)17-22(27(29,2)3)40-19(24(32)37-6)18(23(31)36-5)28(17)41-20(25(33)38-7)21(42-28)26(34)39-8/h9-12H,1H2,2-8H3. The first-order chi connectivity index (χ1) is 19.9. The number of thioether (sulfide) groups is 3. The first kappa shape index (κ1) is 31.3. The fraction of sp³-hybridized carbons (Fsp3) is 0.321. The van der Waals surface area contributed by atoms with Gasteiger partial charge in [0.2, 0.25) is 0 Å². The number of amides is 1. The van der Waals surface area contributed by atoms with E-state index in [9.17, 15) is 24.0 Å². The first-order valence-electron chi connectivity index (χ1n) is 12.2. The normalized spacial score (nSPS) is 18.2. The van der Waals surface area contributed by atoms with E-state index in [1.807, 2.05) is 0 Å². The molecule has 11 nitrogen and oxygen atoms in total. The number of anilines is 1. The van der Waals surface area contributed by atoms with Crippen LogP contribution in [0.25, 0.3) is 5.57 Å². The molecule has 0 saturated carbocycles. The lowest BCUT2D eigenvalue weighted by Gasteiger charge is -2.50. The van der Waals surface area contributed by atoms with Crippen LogP contribution in [0.15, 0.2) is 56.0 Å². The van der Waals surface area contributed by atoms with E-state index >= 15 is 0 Å². The van der Waals surface area contributed by atoms with Gasteiger partial charge in [-0.05, 0) is 38.1 Å². The number of hydrogen-bond donors (Lipinski definition) is 0. The summed E-state index contributed by atoms with van der Waals surface area (Å²) in [5.74, 6) is -3.44. The largest absolute Gasteiger partial charge is 0.497 e. The number of esters is 4. The van der Waals surface area contributed by atoms with Gasteiger partial charge >= 0.3 is 23.9 Å². The molecule has 222 valence electrons. The van der Waals surface area contributed by atoms with Gasteiger partial charge in [0.05, 0.1) is 52.3 Å². The van der Waals surface area contributed by atoms with Gasteiger partial charge in [0, 0.05) is 16.0 Å². The molecule has 4 rings (SSSR count). The summed E-state index contributed by atoms with van der Waals surface area (Å²) < 4.78 is 24.1. The third kappa shape index (κ3) is 4.61. The van der Waals surface area contributed by atoms with Crippen molar-refractivity contribution in [3.05, 3.63) is 61.6 Å². The maximum atomic E-state index is 13.6. The van der Waals surface area contributed by atoms with Crippen molar-refractivity contribution in [2.75, 3.05) is 40.4 Å². The van der Waals surface area contributed by atoms with Crippen molar-refractivity contribution in [1.29, 1.82) is 0 Å². The van der Waals surface area contributed by atoms with Crippen LogP contribution in [0.2, 0.25) is 0 Å². The number of hydrogen-bond acceptors (Lipinski definition) is 13. The van der Waals surface area contributed by atoms with E-state index in [-0.39, 0.29) is 20.3 Å². The highest BCUT2D eigenvalue weighted by atomic mass is 32.2. The molecule has 0 bridgehead atoms. The molecule has 0 radical (unpaired) electrons. The molecule has 3 heterocycles. The SMILES string of the molecule is C=CC(=O)N1c2ccc(OC)cc2C2=C(SC(C(=O)OC)=C(C(=O)OC)C23SC(C(=O)OC)=C(C(=O)OC)S3)C1(C)C. The zero-order valence-electron chi connectivity index (χ0n) is 23.8. The minimum atomic E-state index is -1.67. The lowest BCUT2D eigenvalue weighted by Crippen LogP contribution is -2.53. The van der Waals surface area contributed by atoms with Crippen LogP contribution in [0.5, 0.6) is 5.75 Å². The molecule has 0 saturated heterocycles. The van der Waals surface area contributed by atoms with Gasteiger partial charge in [0.1, 0.15) is 24.5 Å². The summed E-state index contributed by atoms with van der Waals surface area (Å²) in [6.45, 7) is 7.21. The van der Waals surface area contributed by atoms with Crippen LogP contribution in [-0.4, -0.2) is 75.0 Å². The van der Waals surface area contributed by atoms with E-state index in [4.69, 9.17) is 23.7 Å². The molecule has 1 spiro atoms. The number of ether oxygens (including phenoxy) is 5. The molecule has 0 aliphatic carbocycles. The molecule has 0 N–H and O–H groups in total. The molecular formula is C28H27NO10S3. The number of fused-ring (bicyclic) bond motifs is 3. The van der Waals surface area contributed by atoms with E-state index in [2.05, 4.69) is 6.58 Å². The molecule has 1 amide bonds. The molecular weight excluding hydrogens is 607 g/mol. The predicted octanol–water partition coefficient (Wildman–Crippen LogP) is 3.80. The monoisotopic (exact) mass is 633 g/mol. The summed E-state index contributed by atoms with van der Waals surface area (Å²) in [5, 5.41) is 0. The Morgan fingerprint density at radius 2 is 1.33 bits per heavy atom. The maximum absolute atomic E-state index is 13.6. The quantitative estimate of drug-likeness (QED) is 0.256. The van der Waals surface area contributed by atoms with Gasteiger partial charge < -0.3 is 23.7 Å². The van der Waals surface area contributed by atoms with Crippen LogP contribution < -0.4 is 9.64 Å². The second-order valence-electron chi connectivity index (χ2n) is 9.28. The lowest BCUT2D eigenvalue weighted by atomic mass is 9.83. The second-order valence-corrected chi connectivity index (χ2v) is 13.0. The number of carbonyl (C=O) groups excluding carboxylic acids is 5. The summed E-state index contributed by atoms with van der Waals surface area (Å²) in [4.78, 5) is 68.0. The van der Waals surface area contributed by atoms with Crippen LogP contribution in [0.1, 0.15) is 19.4 Å². The Morgan fingerprint density at radius 3 is 1.81 bits per heavy atom. The summed E-state index contributed by atoms with van der Waals surface area (Å²) >= 11 is 2.64. The Morgan fingerprint density at radius 1 is 0.810 bits per heavy atom. The molecule has 0 fully saturated rings. The van der Waals surface area contributed by atoms with Gasteiger partial charge in [0.25, 0.3) is 5.91 Å². The van der Waals surface area contributed by atoms with Gasteiger partial charge in [0.15, 0.2) is 0 Å². The Kier molecular flexibility index (Phi) is 8.63. The molecule has 3 aliphatic rings. The van der Waals surface area contributed by atoms with Crippen molar-refractivity contribution >= 4 is 76.3 Å². The van der Waals surface area contributed by atoms with E-state index < -0.39 is 39.4 Å². The highest BCUT2D eigenvalue weighted by molar-refractivity contribution is 8.26. The minimum Gasteiger partial charge on any atom is -0.497 e. The number of benzene rings is 1. The van der Waals surface area contributed by atoms with Crippen molar-refractivity contribution in [3.63, 3.8) is 0 Å². The molecule has 14 heteroatoms. The topological polar surface area (TPSA) is 135 Å². The van der Waals surface area contributed by atoms with Crippen molar-refractivity contribution in [3.8, 4) is 5.75 Å². The number of methoxy groups -OCH3 is 5. The number of nitrogens with zero attached hydrogens (tertiary/aromatic N) is 1. The minimum absolute atomic E-state index is 0.134. The number of rotatable bonds is 6. The van der Waals surface area contributed by atoms with E-state index in [1.165, 1.54) is 18.1 Å². The van der Waals surface area contributed by atoms with Gasteiger partial charge in [-0.2, -0.15) is 0 Å². The van der Waals surface area contributed by atoms with Gasteiger partial charge in [-0.3, -0.25) is 9.69 Å². The molecule has 0 aromatic heterocycles. The molecule has 0 unspecified atom stereocenters. The van der Waals surface area contributed by atoms with Crippen molar-refractivity contribution < 1.29 is 47.7 Å². The van der Waals surface area contributed by atoms with E-state index in [1.54, 1.807) is 32.0 Å². The third-order valence-electron chi connectivity index (χ3n) is 6.74. The Balaban J connectivity index is 2.21. The van der Waals surface area contributed by atoms with Crippen molar-refractivity contribution in [2.45, 2.75) is 23.5 Å². The highest BCUT2D eigenvalue weighted by Crippen LogP contribution is 2.71. The van der Waals surface area contributed by atoms with Gasteiger partial charge in [-0.25, -0.2) is 19.2 Å². The van der Waals surface area contributed by atoms with Crippen LogP contribution in [0, 0.1) is 0 Å². The fourth-order valence-corrected chi connectivity index (χ4v) is 9.96. The van der Waals surface area contributed by atoms with Gasteiger partial charge in [-0.1, -0.05) is 41.9 Å². The average Bonchev–Trinajstić information content (AvgIpc) is 3.38. The Hall–Kier alpha value is -3.62. The predicted molar refractivity (Wildman–Crippen MR) is 159 cm³/mol. The van der Waals surface area contributed by atoms with E-state index in [0.29, 0.717) is 27.5 Å². The van der Waals surface area contributed by atoms with Crippen LogP contribution in [0.4, 0.5) is 5.69 Å². The van der Waals surface area contributed by atoms with Crippen LogP contribution in [0.3, 0.4) is 0 Å². The molecule has 42 heavy (non-hydrogen) atoms. The fourth-order valence-electron chi connectivity index (χ4n) is 4.91. The van der Waals surface area contributed by atoms with Gasteiger partial charge in [-0.15, -0.1) is 0 Å². The molecule has 1 aromatic carbocycles. The van der Waals surface area contributed by atoms with Crippen molar-refractivity contribution in [1.82, 2.24) is 0 Å². The van der Waals surface area contributed by atoms with Crippen LogP contribution >= 0.6 is 35.3 Å². The molecule has 1 aromatic rings. The number of carbonyl (C=O) groups is 5. The Labute approximate surface area is 254 Å². The second kappa shape index (κ2) is 11.6. The summed E-state index contributed by atoms with van der Waals surface area (Å²) in [5.41, 5.74) is 0.0443. The zero-order valence-corrected chi connectivity index (χ0v) is 26.2. The first-order valence-corrected chi connectivity index (χ1v) is 14.6. The summed E-state index contributed by atoms with van der Waals surface area (Å²) in [6.07, 6.45) is 1.17. The van der Waals surface area contributed by atoms with Crippen LogP contribution in [-0.2, 0) is 42.9 Å².